The molecule has 21 N–H and O–H groups in total. The Morgan fingerprint density at radius 1 is 0.512 bits per heavy atom. The summed E-state index contributed by atoms with van der Waals surface area (Å²) in [5.41, 5.74) is -5.11. The van der Waals surface area contributed by atoms with Gasteiger partial charge < -0.3 is 179 Å². The predicted molar refractivity (Wildman–Crippen MR) is 419 cm³/mol. The fraction of sp³-hybridized carbons (Fsp3) is 0.929. The van der Waals surface area contributed by atoms with Crippen LogP contribution < -0.4 is 5.32 Å². The molecular formula is C84H139NO38. The van der Waals surface area contributed by atoms with Crippen LogP contribution in [0.2, 0.25) is 0 Å². The molecule has 0 bridgehead atoms. The monoisotopic (exact) mass is 1770 g/mol. The molecule has 123 heavy (non-hydrogen) atoms. The number of fused-ring (bicyclic) bond motifs is 7. The molecule has 7 heterocycles. The van der Waals surface area contributed by atoms with Gasteiger partial charge in [-0.05, 0) is 123 Å². The van der Waals surface area contributed by atoms with Crippen molar-refractivity contribution in [2.24, 2.45) is 50.2 Å². The summed E-state index contributed by atoms with van der Waals surface area (Å²) in [4.78, 5) is 57.6. The van der Waals surface area contributed by atoms with Crippen molar-refractivity contribution >= 4 is 24.1 Å². The first kappa shape index (κ1) is 100. The van der Waals surface area contributed by atoms with E-state index in [2.05, 4.69) is 46.0 Å². The lowest BCUT2D eigenvalue weighted by Gasteiger charge is -2.71. The Kier molecular flexibility index (Phi) is 33.1. The first-order valence-electron chi connectivity index (χ1n) is 43.7. The van der Waals surface area contributed by atoms with Crippen molar-refractivity contribution in [3.63, 3.8) is 0 Å². The molecule has 39 heteroatoms. The van der Waals surface area contributed by atoms with Crippen LogP contribution in [0.25, 0.3) is 0 Å². The van der Waals surface area contributed by atoms with Gasteiger partial charge in [0.15, 0.2) is 49.9 Å². The highest BCUT2D eigenvalue weighted by Gasteiger charge is 2.73. The molecule has 39 nitrogen and oxygen atoms in total. The van der Waals surface area contributed by atoms with Crippen LogP contribution in [-0.4, -0.2) is 374 Å². The molecule has 5 aliphatic carbocycles. The van der Waals surface area contributed by atoms with Crippen molar-refractivity contribution in [2.75, 3.05) is 33.0 Å². The van der Waals surface area contributed by atoms with E-state index in [0.29, 0.717) is 70.8 Å². The largest absolute Gasteiger partial charge is 0.479 e. The van der Waals surface area contributed by atoms with Crippen LogP contribution >= 0.6 is 0 Å². The van der Waals surface area contributed by atoms with Crippen molar-refractivity contribution in [1.29, 1.82) is 0 Å². The quantitative estimate of drug-likeness (QED) is 0.0109. The van der Waals surface area contributed by atoms with Crippen molar-refractivity contribution in [2.45, 2.75) is 406 Å². The number of rotatable bonds is 31. The van der Waals surface area contributed by atoms with Gasteiger partial charge in [0.25, 0.3) is 0 Å². The minimum Gasteiger partial charge on any atom is -0.479 e. The number of carbonyl (C=O) groups excluding carboxylic acids is 3. The Morgan fingerprint density at radius 2 is 1.05 bits per heavy atom. The van der Waals surface area contributed by atoms with Gasteiger partial charge in [-0.2, -0.15) is 0 Å². The van der Waals surface area contributed by atoms with Gasteiger partial charge in [0.2, 0.25) is 12.2 Å². The van der Waals surface area contributed by atoms with E-state index in [1.807, 2.05) is 0 Å². The molecule has 1 amide bonds. The molecule has 12 rings (SSSR count). The minimum atomic E-state index is -2.24. The minimum absolute atomic E-state index is 0. The average Bonchev–Trinajstić information content (AvgIpc) is 0.668. The van der Waals surface area contributed by atoms with E-state index in [-0.39, 0.29) is 39.0 Å². The van der Waals surface area contributed by atoms with E-state index in [4.69, 9.17) is 66.3 Å². The molecule has 0 radical (unpaired) electrons. The standard InChI is InChI=1S/C83H135NO38.CH4/c1-9-41-52(94)55(97)60(102)70(113-41)109-28-18-16-14-12-10-11-13-15-17-19-48(91)84-49-42(31-85)114-75(67(54(49)96)120-73-62(104)57(99)64(36(2)112-73)117-71-58(100)50(92)39(88)33-110-71)122-77(108)83-27-26-78(3,4)29-38(83)37-20-21-45-79(5)24-23-47(80(6,35-87)44(79)22-25-81(45,7)82(37,8)30-46(83)90)116-76-68(121-74-61(103)56(98)53(95)43(32-86)115-74)65(63(105)66(119-76)69(106)107)118-72-59(101)51(93)40(89)34-111-72;/h20,35-36,38-47,49-68,70-76,85-86,88-90,92-105H,9-19,21-34H2,1-8H3,(H,84,91)(H,106,107);1H4/t36?,38?,39-,40-,41-,42-,43?,44-,45?,46?,47+,49+,50?,51+,52+,53+,54?,55?,56+,57?,58?,59?,60?,61?,62?,63+,64+,65+,66?,67?,68?,70-,71+,72+,73+,74+,75+,76-,79?,80-,81+,82-,83-;/m1./s1. The molecule has 18 unspecified atom stereocenters. The van der Waals surface area contributed by atoms with E-state index < -0.39 is 303 Å². The topological polar surface area (TPSA) is 614 Å². The number of carboxylic acid groups (broad SMARTS) is 1. The summed E-state index contributed by atoms with van der Waals surface area (Å²) in [6.45, 7) is 12.9. The van der Waals surface area contributed by atoms with Crippen LogP contribution in [0.3, 0.4) is 0 Å². The second-order valence-electron chi connectivity index (χ2n) is 38.1. The van der Waals surface area contributed by atoms with Gasteiger partial charge in [0, 0.05) is 13.0 Å². The third-order valence-corrected chi connectivity index (χ3v) is 30.0. The summed E-state index contributed by atoms with van der Waals surface area (Å²) in [5, 5.41) is 223. The third kappa shape index (κ3) is 19.5. The average molecular weight is 1770 g/mol. The van der Waals surface area contributed by atoms with Crippen LogP contribution in [0.15, 0.2) is 11.6 Å². The Bertz CT molecular complexity index is 3490. The summed E-state index contributed by atoms with van der Waals surface area (Å²) in [7, 11) is 0. The third-order valence-electron chi connectivity index (χ3n) is 30.0. The van der Waals surface area contributed by atoms with Crippen LogP contribution in [-0.2, 0) is 85.5 Å². The zero-order valence-electron chi connectivity index (χ0n) is 70.6. The Labute approximate surface area is 715 Å². The SMILES string of the molecule is C.CC[C@H]1O[C@@H](OCCCCCCCCCCCC(=O)N[C@@H]2C(O)C(O[C@@H]3OC(C)[C@H](O[C@@H]4OC[C@@H](O)C(O)C4O)C(O)C3O)[C@H](OC(=O)[C@]34CCC(C)(C)CC3C3=CCC5C6(C)CC[C@H](O[C@@H]7OC(C(=O)O)[C@@H](O)[C@H](O[C@@H]8OC[C@@H](O)[C@H](O)C8O)C7O[C@@H]7OC(CO)[C@H](O)[C@H](O)C7O)[C@](C)(C=O)[C@@H]6CC[C@]5(C)[C@]3(C)CC4O)O[C@@H]2CO)C(O)C(O)[C@H]1O. The number of hydrogen-bond acceptors (Lipinski definition) is 37. The normalized spacial score (nSPS) is 49.2. The molecule has 0 aromatic rings. The maximum atomic E-state index is 16.2. The lowest BCUT2D eigenvalue weighted by Crippen LogP contribution is -2.70. The van der Waals surface area contributed by atoms with E-state index in [9.17, 15) is 117 Å². The molecule has 11 fully saturated rings. The number of ether oxygens (including phenoxy) is 14. The first-order chi connectivity index (χ1) is 57.6. The number of aldehydes is 1. The number of aliphatic carboxylic acids is 1. The summed E-state index contributed by atoms with van der Waals surface area (Å²) in [6.07, 6.45) is -45.3. The van der Waals surface area contributed by atoms with Gasteiger partial charge in [-0.3, -0.25) is 9.59 Å². The highest BCUT2D eigenvalue weighted by molar-refractivity contribution is 5.80. The number of hydrogen-bond donors (Lipinski definition) is 21. The molecule has 4 saturated carbocycles. The van der Waals surface area contributed by atoms with Crippen molar-refractivity contribution in [1.82, 2.24) is 5.32 Å². The van der Waals surface area contributed by atoms with Gasteiger partial charge in [-0.15, -0.1) is 0 Å². The van der Waals surface area contributed by atoms with Gasteiger partial charge in [0.05, 0.1) is 62.3 Å². The molecule has 0 aromatic heterocycles. The number of allylic oxidation sites excluding steroid dienone is 2. The van der Waals surface area contributed by atoms with Crippen LogP contribution in [0.1, 0.15) is 191 Å². The summed E-state index contributed by atoms with van der Waals surface area (Å²) in [6, 6.07) is -1.47. The maximum Gasteiger partial charge on any atom is 0.335 e. The van der Waals surface area contributed by atoms with E-state index in [1.165, 1.54) is 6.92 Å². The fourth-order valence-corrected chi connectivity index (χ4v) is 22.5. The highest BCUT2D eigenvalue weighted by Crippen LogP contribution is 2.76. The van der Waals surface area contributed by atoms with Crippen molar-refractivity contribution in [3.05, 3.63) is 11.6 Å². The maximum absolute atomic E-state index is 16.2. The highest BCUT2D eigenvalue weighted by atomic mass is 16.8. The van der Waals surface area contributed by atoms with Gasteiger partial charge in [-0.1, -0.05) is 112 Å². The molecule has 708 valence electrons. The molecule has 7 saturated heterocycles. The van der Waals surface area contributed by atoms with Gasteiger partial charge in [-0.25, -0.2) is 4.79 Å². The van der Waals surface area contributed by atoms with Crippen LogP contribution in [0.4, 0.5) is 0 Å². The van der Waals surface area contributed by atoms with Gasteiger partial charge >= 0.3 is 11.9 Å². The summed E-state index contributed by atoms with van der Waals surface area (Å²) in [5.74, 6) is -4.76. The van der Waals surface area contributed by atoms with Crippen LogP contribution in [0.5, 0.6) is 0 Å². The zero-order chi connectivity index (χ0) is 88.9. The molecule has 0 spiro atoms. The number of nitrogens with one attached hydrogen (secondary N) is 1. The van der Waals surface area contributed by atoms with E-state index in [0.717, 1.165) is 50.4 Å². The molecule has 43 atom stereocenters. The number of carbonyl (C=O) groups is 4. The molecular weight excluding hydrogens is 1630 g/mol. The number of aliphatic hydroxyl groups excluding tert-OH is 19. The molecule has 12 aliphatic rings. The van der Waals surface area contributed by atoms with Crippen molar-refractivity contribution in [3.8, 4) is 0 Å². The summed E-state index contributed by atoms with van der Waals surface area (Å²) < 4.78 is 84.6. The first-order valence-corrected chi connectivity index (χ1v) is 43.7. The Hall–Kier alpha value is -3.46. The lowest BCUT2D eigenvalue weighted by molar-refractivity contribution is -0.391. The second kappa shape index (κ2) is 40.7. The smallest absolute Gasteiger partial charge is 0.335 e. The number of carboxylic acids is 1. The number of esters is 1. The lowest BCUT2D eigenvalue weighted by atomic mass is 9.33. The molecule has 0 aromatic carbocycles. The Morgan fingerprint density at radius 3 is 1.65 bits per heavy atom. The predicted octanol–water partition coefficient (Wildman–Crippen LogP) is -2.94. The number of unbranched alkanes of at least 4 members (excludes halogenated alkanes) is 8. The Balaban J connectivity index is 0.0000147. The van der Waals surface area contributed by atoms with Crippen LogP contribution in [0, 0.1) is 50.2 Å². The number of aliphatic hydroxyl groups is 19. The second-order valence-corrected chi connectivity index (χ2v) is 38.1. The van der Waals surface area contributed by atoms with E-state index >= 15 is 4.79 Å². The number of amides is 1. The fourth-order valence-electron chi connectivity index (χ4n) is 22.5. The van der Waals surface area contributed by atoms with Gasteiger partial charge in [0.1, 0.15) is 140 Å². The zero-order valence-corrected chi connectivity index (χ0v) is 70.6. The van der Waals surface area contributed by atoms with E-state index in [1.54, 1.807) is 13.8 Å². The summed E-state index contributed by atoms with van der Waals surface area (Å²) >= 11 is 0. The van der Waals surface area contributed by atoms with Crippen molar-refractivity contribution < 1.29 is 188 Å². The molecule has 7 aliphatic heterocycles.